The van der Waals surface area contributed by atoms with Gasteiger partial charge >= 0.3 is 12.0 Å². The molecule has 0 saturated heterocycles. The molecule has 0 aromatic heterocycles. The van der Waals surface area contributed by atoms with Gasteiger partial charge in [0.15, 0.2) is 0 Å². The summed E-state index contributed by atoms with van der Waals surface area (Å²) in [4.78, 5) is 25.1. The van der Waals surface area contributed by atoms with Crippen LogP contribution >= 0.6 is 0 Å². The summed E-state index contributed by atoms with van der Waals surface area (Å²) in [5, 5.41) is 11.9. The normalized spacial score (nSPS) is 19.1. The number of amides is 2. The Morgan fingerprint density at radius 3 is 2.75 bits per heavy atom. The minimum absolute atomic E-state index is 0.190. The molecule has 20 heavy (non-hydrogen) atoms. The van der Waals surface area contributed by atoms with Crippen molar-refractivity contribution in [3.63, 3.8) is 0 Å². The molecule has 0 radical (unpaired) electrons. The summed E-state index contributed by atoms with van der Waals surface area (Å²) in [7, 11) is 0. The van der Waals surface area contributed by atoms with Crippen LogP contribution in [0.25, 0.3) is 0 Å². The summed E-state index contributed by atoms with van der Waals surface area (Å²) in [6.07, 6.45) is 3.23. The summed E-state index contributed by atoms with van der Waals surface area (Å²) in [6, 6.07) is 7.69. The van der Waals surface area contributed by atoms with Gasteiger partial charge in [-0.15, -0.1) is 0 Å². The number of carboxylic acids is 1. The lowest BCUT2D eigenvalue weighted by Crippen LogP contribution is -2.45. The average molecular weight is 274 g/mol. The number of carbonyl (C=O) groups excluding carboxylic acids is 1. The molecule has 1 aliphatic carbocycles. The van der Waals surface area contributed by atoms with Gasteiger partial charge in [-0.1, -0.05) is 18.2 Å². The van der Waals surface area contributed by atoms with E-state index in [0.29, 0.717) is 19.4 Å². The Hall–Kier alpha value is -2.04. The Bertz CT molecular complexity index is 552. The molecule has 2 aliphatic rings. The van der Waals surface area contributed by atoms with Gasteiger partial charge in [-0.2, -0.15) is 0 Å². The Morgan fingerprint density at radius 1 is 1.30 bits per heavy atom. The topological polar surface area (TPSA) is 69.6 Å². The SMILES string of the molecule is O=C(NCC1(C(=O)O)CC1)N1CCCc2ccccc21. The number of rotatable bonds is 3. The van der Waals surface area contributed by atoms with Crippen LogP contribution in [-0.4, -0.2) is 30.2 Å². The van der Waals surface area contributed by atoms with Crippen LogP contribution in [-0.2, 0) is 11.2 Å². The molecule has 3 rings (SSSR count). The highest BCUT2D eigenvalue weighted by Crippen LogP contribution is 2.45. The molecule has 5 heteroatoms. The molecular weight excluding hydrogens is 256 g/mol. The van der Waals surface area contributed by atoms with Crippen LogP contribution in [0.2, 0.25) is 0 Å². The van der Waals surface area contributed by atoms with E-state index in [2.05, 4.69) is 5.32 Å². The largest absolute Gasteiger partial charge is 0.481 e. The van der Waals surface area contributed by atoms with Gasteiger partial charge in [0.1, 0.15) is 0 Å². The lowest BCUT2D eigenvalue weighted by molar-refractivity contribution is -0.143. The smallest absolute Gasteiger partial charge is 0.321 e. The Morgan fingerprint density at radius 2 is 2.05 bits per heavy atom. The first-order chi connectivity index (χ1) is 9.62. The number of nitrogens with one attached hydrogen (secondary N) is 1. The van der Waals surface area contributed by atoms with E-state index in [9.17, 15) is 9.59 Å². The first-order valence-electron chi connectivity index (χ1n) is 6.99. The van der Waals surface area contributed by atoms with Crippen LogP contribution in [0.3, 0.4) is 0 Å². The van der Waals surface area contributed by atoms with Crippen molar-refractivity contribution >= 4 is 17.7 Å². The molecule has 0 spiro atoms. The van der Waals surface area contributed by atoms with Gasteiger partial charge in [0.2, 0.25) is 0 Å². The Labute approximate surface area is 117 Å². The molecule has 0 bridgehead atoms. The third-order valence-corrected chi connectivity index (χ3v) is 4.24. The van der Waals surface area contributed by atoms with E-state index < -0.39 is 11.4 Å². The summed E-state index contributed by atoms with van der Waals surface area (Å²) in [5.74, 6) is -0.808. The molecule has 0 atom stereocenters. The number of benzene rings is 1. The fourth-order valence-corrected chi connectivity index (χ4v) is 2.70. The third kappa shape index (κ3) is 2.24. The van der Waals surface area contributed by atoms with E-state index in [1.165, 1.54) is 5.56 Å². The summed E-state index contributed by atoms with van der Waals surface area (Å²) < 4.78 is 0. The highest BCUT2D eigenvalue weighted by molar-refractivity contribution is 5.93. The van der Waals surface area contributed by atoms with E-state index in [1.54, 1.807) is 4.90 Å². The van der Waals surface area contributed by atoms with E-state index in [0.717, 1.165) is 18.5 Å². The molecule has 1 aromatic carbocycles. The molecule has 2 N–H and O–H groups in total. The van der Waals surface area contributed by atoms with E-state index in [4.69, 9.17) is 5.11 Å². The van der Waals surface area contributed by atoms with Gasteiger partial charge in [0.25, 0.3) is 0 Å². The van der Waals surface area contributed by atoms with Crippen LogP contribution in [0.15, 0.2) is 24.3 Å². The van der Waals surface area contributed by atoms with Crippen molar-refractivity contribution in [1.82, 2.24) is 5.32 Å². The van der Waals surface area contributed by atoms with Crippen molar-refractivity contribution in [1.29, 1.82) is 0 Å². The highest BCUT2D eigenvalue weighted by atomic mass is 16.4. The van der Waals surface area contributed by atoms with Crippen molar-refractivity contribution in [2.24, 2.45) is 5.41 Å². The van der Waals surface area contributed by atoms with Crippen molar-refractivity contribution in [3.8, 4) is 0 Å². The number of anilines is 1. The lowest BCUT2D eigenvalue weighted by Gasteiger charge is -2.29. The number of aryl methyl sites for hydroxylation is 1. The monoisotopic (exact) mass is 274 g/mol. The van der Waals surface area contributed by atoms with E-state index >= 15 is 0 Å². The lowest BCUT2D eigenvalue weighted by atomic mass is 10.0. The molecule has 5 nitrogen and oxygen atoms in total. The maximum atomic E-state index is 12.3. The van der Waals surface area contributed by atoms with Gasteiger partial charge in [0.05, 0.1) is 5.41 Å². The number of carbonyl (C=O) groups is 2. The second-order valence-electron chi connectivity index (χ2n) is 5.63. The standard InChI is InChI=1S/C15H18N2O3/c18-13(19)15(7-8-15)10-16-14(20)17-9-3-5-11-4-1-2-6-12(11)17/h1-2,4,6H,3,5,7-10H2,(H,16,20)(H,18,19). The van der Waals surface area contributed by atoms with Crippen LogP contribution in [0, 0.1) is 5.41 Å². The Balaban J connectivity index is 1.68. The Kier molecular flexibility index (Phi) is 3.12. The van der Waals surface area contributed by atoms with Crippen LogP contribution in [0.4, 0.5) is 10.5 Å². The number of fused-ring (bicyclic) bond motifs is 1. The predicted octanol–water partition coefficient (Wildman–Crippen LogP) is 2.01. The van der Waals surface area contributed by atoms with Crippen molar-refractivity contribution in [3.05, 3.63) is 29.8 Å². The second kappa shape index (κ2) is 4.81. The molecule has 2 amide bonds. The van der Waals surface area contributed by atoms with Crippen molar-refractivity contribution in [2.75, 3.05) is 18.0 Å². The van der Waals surface area contributed by atoms with E-state index in [1.807, 2.05) is 24.3 Å². The maximum Gasteiger partial charge on any atom is 0.321 e. The summed E-state index contributed by atoms with van der Waals surface area (Å²) in [5.41, 5.74) is 1.40. The minimum Gasteiger partial charge on any atom is -0.481 e. The number of carboxylic acid groups (broad SMARTS) is 1. The molecule has 1 aliphatic heterocycles. The van der Waals surface area contributed by atoms with Crippen LogP contribution < -0.4 is 10.2 Å². The van der Waals surface area contributed by atoms with Gasteiger partial charge in [-0.05, 0) is 37.3 Å². The van der Waals surface area contributed by atoms with Gasteiger partial charge in [-0.25, -0.2) is 4.79 Å². The van der Waals surface area contributed by atoms with Gasteiger partial charge < -0.3 is 10.4 Å². The van der Waals surface area contributed by atoms with Crippen LogP contribution in [0.5, 0.6) is 0 Å². The number of hydrogen-bond donors (Lipinski definition) is 2. The van der Waals surface area contributed by atoms with Crippen molar-refractivity contribution < 1.29 is 14.7 Å². The second-order valence-corrected chi connectivity index (χ2v) is 5.63. The van der Waals surface area contributed by atoms with E-state index in [-0.39, 0.29) is 12.6 Å². The van der Waals surface area contributed by atoms with Crippen molar-refractivity contribution in [2.45, 2.75) is 25.7 Å². The number of aliphatic carboxylic acids is 1. The quantitative estimate of drug-likeness (QED) is 0.886. The first kappa shape index (κ1) is 13.0. The summed E-state index contributed by atoms with van der Waals surface area (Å²) in [6.45, 7) is 0.906. The van der Waals surface area contributed by atoms with Crippen LogP contribution in [0.1, 0.15) is 24.8 Å². The fraction of sp³-hybridized carbons (Fsp3) is 0.467. The number of para-hydroxylation sites is 1. The third-order valence-electron chi connectivity index (χ3n) is 4.24. The fourth-order valence-electron chi connectivity index (χ4n) is 2.70. The highest BCUT2D eigenvalue weighted by Gasteiger charge is 2.50. The zero-order valence-electron chi connectivity index (χ0n) is 11.3. The molecule has 1 aromatic rings. The van der Waals surface area contributed by atoms with Gasteiger partial charge in [-0.3, -0.25) is 9.69 Å². The zero-order valence-corrected chi connectivity index (χ0v) is 11.3. The van der Waals surface area contributed by atoms with Gasteiger partial charge in [0, 0.05) is 18.8 Å². The molecule has 1 heterocycles. The minimum atomic E-state index is -0.808. The predicted molar refractivity (Wildman–Crippen MR) is 74.8 cm³/mol. The molecule has 106 valence electrons. The molecular formula is C15H18N2O3. The number of nitrogens with zero attached hydrogens (tertiary/aromatic N) is 1. The number of hydrogen-bond acceptors (Lipinski definition) is 2. The molecule has 1 saturated carbocycles. The first-order valence-corrected chi connectivity index (χ1v) is 6.99. The average Bonchev–Trinajstić information content (AvgIpc) is 3.25. The number of urea groups is 1. The maximum absolute atomic E-state index is 12.3. The molecule has 1 fully saturated rings. The zero-order chi connectivity index (χ0) is 14.2. The molecule has 0 unspecified atom stereocenters. The summed E-state index contributed by atoms with van der Waals surface area (Å²) >= 11 is 0.